The van der Waals surface area contributed by atoms with Crippen molar-refractivity contribution in [3.63, 3.8) is 0 Å². The molecule has 0 bridgehead atoms. The van der Waals surface area contributed by atoms with Gasteiger partial charge in [0.15, 0.2) is 0 Å². The van der Waals surface area contributed by atoms with E-state index in [0.29, 0.717) is 17.7 Å². The highest BCUT2D eigenvalue weighted by Gasteiger charge is 2.36. The number of nitrogens with zero attached hydrogens (tertiary/aromatic N) is 2. The predicted molar refractivity (Wildman–Crippen MR) is 67.0 cm³/mol. The lowest BCUT2D eigenvalue weighted by molar-refractivity contribution is -0.143. The van der Waals surface area contributed by atoms with Crippen LogP contribution in [0.2, 0.25) is 0 Å². The van der Waals surface area contributed by atoms with Gasteiger partial charge >= 0.3 is 12.4 Å². The molecule has 0 spiro atoms. The number of benzene rings is 1. The summed E-state index contributed by atoms with van der Waals surface area (Å²) in [6.45, 7) is 0.0620. The van der Waals surface area contributed by atoms with Crippen LogP contribution in [0.3, 0.4) is 0 Å². The van der Waals surface area contributed by atoms with Gasteiger partial charge in [0.25, 0.3) is 0 Å². The summed E-state index contributed by atoms with van der Waals surface area (Å²) < 4.78 is 77.6. The van der Waals surface area contributed by atoms with Gasteiger partial charge in [-0.2, -0.15) is 31.4 Å². The fourth-order valence-corrected chi connectivity index (χ4v) is 1.82. The molecule has 0 atom stereocenters. The molecule has 1 aromatic carbocycles. The Morgan fingerprint density at radius 2 is 1.55 bits per heavy atom. The SMILES string of the molecule is Cn1cc(CNc2cc(C(F)(F)F)cc(C(F)(F)F)c2)cn1. The number of aromatic nitrogens is 2. The van der Waals surface area contributed by atoms with Crippen molar-refractivity contribution in [3.05, 3.63) is 47.3 Å². The van der Waals surface area contributed by atoms with E-state index in [0.717, 1.165) is 0 Å². The quantitative estimate of drug-likeness (QED) is 0.863. The Kier molecular flexibility index (Phi) is 4.08. The highest BCUT2D eigenvalue weighted by Crippen LogP contribution is 2.37. The zero-order valence-electron chi connectivity index (χ0n) is 11.3. The van der Waals surface area contributed by atoms with Crippen molar-refractivity contribution < 1.29 is 26.3 Å². The molecule has 0 aliphatic carbocycles. The van der Waals surface area contributed by atoms with Crippen LogP contribution in [0, 0.1) is 0 Å². The molecule has 0 radical (unpaired) electrons. The Bertz CT molecular complexity index is 624. The Balaban J connectivity index is 2.29. The van der Waals surface area contributed by atoms with Crippen LogP contribution in [0.25, 0.3) is 0 Å². The molecule has 1 heterocycles. The van der Waals surface area contributed by atoms with Crippen LogP contribution >= 0.6 is 0 Å². The van der Waals surface area contributed by atoms with Gasteiger partial charge in [-0.15, -0.1) is 0 Å². The van der Waals surface area contributed by atoms with Crippen molar-refractivity contribution in [2.24, 2.45) is 7.05 Å². The van der Waals surface area contributed by atoms with Crippen LogP contribution in [-0.2, 0) is 25.9 Å². The number of hydrogen-bond acceptors (Lipinski definition) is 2. The van der Waals surface area contributed by atoms with E-state index in [2.05, 4.69) is 10.4 Å². The topological polar surface area (TPSA) is 29.9 Å². The Hall–Kier alpha value is -2.19. The van der Waals surface area contributed by atoms with Crippen LogP contribution in [-0.4, -0.2) is 9.78 Å². The van der Waals surface area contributed by atoms with Gasteiger partial charge in [0, 0.05) is 31.0 Å². The first-order valence-electron chi connectivity index (χ1n) is 6.06. The van der Waals surface area contributed by atoms with Gasteiger partial charge in [0.05, 0.1) is 17.3 Å². The van der Waals surface area contributed by atoms with Crippen molar-refractivity contribution in [2.75, 3.05) is 5.32 Å². The molecule has 2 aromatic rings. The molecule has 2 rings (SSSR count). The number of anilines is 1. The molecule has 0 amide bonds. The molecule has 3 nitrogen and oxygen atoms in total. The normalized spacial score (nSPS) is 12.5. The minimum absolute atomic E-state index is 0.0620. The third-order valence-electron chi connectivity index (χ3n) is 2.84. The Morgan fingerprint density at radius 1 is 1.00 bits per heavy atom. The van der Waals surface area contributed by atoms with E-state index in [-0.39, 0.29) is 18.3 Å². The van der Waals surface area contributed by atoms with Crippen LogP contribution < -0.4 is 5.32 Å². The summed E-state index contributed by atoms with van der Waals surface area (Å²) in [6, 6.07) is 1.38. The summed E-state index contributed by atoms with van der Waals surface area (Å²) >= 11 is 0. The van der Waals surface area contributed by atoms with Crippen molar-refractivity contribution in [2.45, 2.75) is 18.9 Å². The molecule has 9 heteroatoms. The lowest BCUT2D eigenvalue weighted by atomic mass is 10.1. The van der Waals surface area contributed by atoms with Crippen molar-refractivity contribution in [1.29, 1.82) is 0 Å². The van der Waals surface area contributed by atoms with Crippen LogP contribution in [0.1, 0.15) is 16.7 Å². The van der Waals surface area contributed by atoms with Crippen LogP contribution in [0.5, 0.6) is 0 Å². The Morgan fingerprint density at radius 3 is 1.95 bits per heavy atom. The molecule has 1 N–H and O–H groups in total. The van der Waals surface area contributed by atoms with Crippen LogP contribution in [0.4, 0.5) is 32.0 Å². The van der Waals surface area contributed by atoms with E-state index in [1.165, 1.54) is 10.9 Å². The predicted octanol–water partition coefficient (Wildman–Crippen LogP) is 4.07. The summed E-state index contributed by atoms with van der Waals surface area (Å²) in [6.07, 6.45) is -6.64. The minimum Gasteiger partial charge on any atom is -0.381 e. The second-order valence-electron chi connectivity index (χ2n) is 4.67. The minimum atomic E-state index is -4.86. The molecule has 0 aliphatic heterocycles. The maximum absolute atomic E-state index is 12.7. The lowest BCUT2D eigenvalue weighted by Gasteiger charge is -2.15. The van der Waals surface area contributed by atoms with Gasteiger partial charge in [-0.05, 0) is 18.2 Å². The Labute approximate surface area is 121 Å². The average Bonchev–Trinajstić information content (AvgIpc) is 2.80. The number of nitrogens with one attached hydrogen (secondary N) is 1. The number of hydrogen-bond donors (Lipinski definition) is 1. The summed E-state index contributed by atoms with van der Waals surface area (Å²) in [4.78, 5) is 0. The van der Waals surface area contributed by atoms with Crippen molar-refractivity contribution in [3.8, 4) is 0 Å². The van der Waals surface area contributed by atoms with Crippen LogP contribution in [0.15, 0.2) is 30.6 Å². The van der Waals surface area contributed by atoms with Gasteiger partial charge in [0.1, 0.15) is 0 Å². The zero-order chi connectivity index (χ0) is 16.5. The molecule has 22 heavy (non-hydrogen) atoms. The molecular formula is C13H11F6N3. The van der Waals surface area contributed by atoms with Gasteiger partial charge in [-0.3, -0.25) is 4.68 Å². The summed E-state index contributed by atoms with van der Waals surface area (Å²) in [5.41, 5.74) is -2.33. The molecule has 1 aromatic heterocycles. The van der Waals surface area contributed by atoms with E-state index < -0.39 is 23.5 Å². The number of aryl methyl sites for hydroxylation is 1. The van der Waals surface area contributed by atoms with E-state index in [4.69, 9.17) is 0 Å². The fourth-order valence-electron chi connectivity index (χ4n) is 1.82. The maximum Gasteiger partial charge on any atom is 0.416 e. The zero-order valence-corrected chi connectivity index (χ0v) is 11.3. The number of rotatable bonds is 3. The van der Waals surface area contributed by atoms with Gasteiger partial charge in [0.2, 0.25) is 0 Å². The van der Waals surface area contributed by atoms with Crippen molar-refractivity contribution >= 4 is 5.69 Å². The second kappa shape index (κ2) is 5.54. The van der Waals surface area contributed by atoms with E-state index in [1.807, 2.05) is 0 Å². The molecular weight excluding hydrogens is 312 g/mol. The summed E-state index contributed by atoms with van der Waals surface area (Å²) in [5, 5.41) is 6.41. The number of alkyl halides is 6. The first-order valence-corrected chi connectivity index (χ1v) is 6.06. The number of halogens is 6. The van der Waals surface area contributed by atoms with Gasteiger partial charge < -0.3 is 5.32 Å². The molecule has 0 saturated carbocycles. The smallest absolute Gasteiger partial charge is 0.381 e. The van der Waals surface area contributed by atoms with E-state index >= 15 is 0 Å². The monoisotopic (exact) mass is 323 g/mol. The maximum atomic E-state index is 12.7. The third kappa shape index (κ3) is 3.92. The van der Waals surface area contributed by atoms with E-state index in [9.17, 15) is 26.3 Å². The van der Waals surface area contributed by atoms with Gasteiger partial charge in [-0.1, -0.05) is 0 Å². The molecule has 0 fully saturated rings. The first kappa shape index (κ1) is 16.2. The standard InChI is InChI=1S/C13H11F6N3/c1-22-7-8(6-21-22)5-20-11-3-9(12(14,15)16)2-10(4-11)13(17,18)19/h2-4,6-7,20H,5H2,1H3. The highest BCUT2D eigenvalue weighted by atomic mass is 19.4. The average molecular weight is 323 g/mol. The highest BCUT2D eigenvalue weighted by molar-refractivity contribution is 5.50. The lowest BCUT2D eigenvalue weighted by Crippen LogP contribution is -2.12. The third-order valence-corrected chi connectivity index (χ3v) is 2.84. The summed E-state index contributed by atoms with van der Waals surface area (Å²) in [5.74, 6) is 0. The van der Waals surface area contributed by atoms with Gasteiger partial charge in [-0.25, -0.2) is 0 Å². The molecule has 0 saturated heterocycles. The molecule has 0 aliphatic rings. The van der Waals surface area contributed by atoms with E-state index in [1.54, 1.807) is 13.2 Å². The fraction of sp³-hybridized carbons (Fsp3) is 0.308. The molecule has 0 unspecified atom stereocenters. The largest absolute Gasteiger partial charge is 0.416 e. The second-order valence-corrected chi connectivity index (χ2v) is 4.67. The summed E-state index contributed by atoms with van der Waals surface area (Å²) in [7, 11) is 1.65. The molecule has 120 valence electrons. The first-order chi connectivity index (χ1) is 10.1. The van der Waals surface area contributed by atoms with Crippen molar-refractivity contribution in [1.82, 2.24) is 9.78 Å².